The van der Waals surface area contributed by atoms with Crippen molar-refractivity contribution in [2.75, 3.05) is 24.6 Å². The van der Waals surface area contributed by atoms with Crippen LogP contribution in [0.1, 0.15) is 5.69 Å². The van der Waals surface area contributed by atoms with Gasteiger partial charge in [0.15, 0.2) is 9.84 Å². The fraction of sp³-hybridized carbons (Fsp3) is 0.556. The van der Waals surface area contributed by atoms with Gasteiger partial charge in [-0.25, -0.2) is 13.4 Å². The molecule has 0 saturated carbocycles. The molecule has 7 heteroatoms. The van der Waals surface area contributed by atoms with E-state index in [0.29, 0.717) is 24.8 Å². The van der Waals surface area contributed by atoms with Crippen molar-refractivity contribution in [2.24, 2.45) is 0 Å². The first-order chi connectivity index (χ1) is 7.55. The topological polar surface area (TPSA) is 63.2 Å². The van der Waals surface area contributed by atoms with Crippen molar-refractivity contribution in [3.8, 4) is 0 Å². The molecular weight excluding hydrogens is 250 g/mol. The molecule has 0 bridgehead atoms. The van der Waals surface area contributed by atoms with Crippen LogP contribution in [0.5, 0.6) is 0 Å². The van der Waals surface area contributed by atoms with Crippen LogP contribution in [-0.4, -0.2) is 47.9 Å². The Bertz CT molecular complexity index is 446. The van der Waals surface area contributed by atoms with Gasteiger partial charge in [-0.1, -0.05) is 11.6 Å². The minimum atomic E-state index is -2.81. The third kappa shape index (κ3) is 3.13. The zero-order valence-corrected chi connectivity index (χ0v) is 10.2. The highest BCUT2D eigenvalue weighted by molar-refractivity contribution is 7.91. The van der Waals surface area contributed by atoms with E-state index in [-0.39, 0.29) is 11.5 Å². The highest BCUT2D eigenvalue weighted by Gasteiger charge is 2.21. The molecule has 0 amide bonds. The Morgan fingerprint density at radius 1 is 1.25 bits per heavy atom. The summed E-state index contributed by atoms with van der Waals surface area (Å²) in [6, 6.07) is 0. The van der Waals surface area contributed by atoms with Crippen LogP contribution in [0, 0.1) is 0 Å². The first kappa shape index (κ1) is 11.8. The second-order valence-corrected chi connectivity index (χ2v) is 6.45. The molecule has 0 N–H and O–H groups in total. The van der Waals surface area contributed by atoms with E-state index < -0.39 is 9.84 Å². The predicted octanol–water partition coefficient (Wildman–Crippen LogP) is 0.360. The third-order valence-electron chi connectivity index (χ3n) is 2.50. The fourth-order valence-corrected chi connectivity index (χ4v) is 2.93. The van der Waals surface area contributed by atoms with Crippen LogP contribution in [0.2, 0.25) is 5.15 Å². The molecule has 1 aromatic heterocycles. The monoisotopic (exact) mass is 261 g/mol. The molecule has 0 radical (unpaired) electrons. The number of halogens is 1. The first-order valence-corrected chi connectivity index (χ1v) is 7.14. The maximum absolute atomic E-state index is 11.2. The highest BCUT2D eigenvalue weighted by atomic mass is 35.5. The minimum absolute atomic E-state index is 0.230. The number of nitrogens with zero attached hydrogens (tertiary/aromatic N) is 3. The maximum Gasteiger partial charge on any atom is 0.152 e. The molecule has 2 heterocycles. The SMILES string of the molecule is O=S1(=O)CCN(Cc2cnc(Cl)cn2)CC1. The van der Waals surface area contributed by atoms with E-state index >= 15 is 0 Å². The van der Waals surface area contributed by atoms with Gasteiger partial charge in [0.25, 0.3) is 0 Å². The van der Waals surface area contributed by atoms with Crippen LogP contribution in [0.25, 0.3) is 0 Å². The Hall–Kier alpha value is -0.720. The van der Waals surface area contributed by atoms with Crippen molar-refractivity contribution in [1.29, 1.82) is 0 Å². The lowest BCUT2D eigenvalue weighted by atomic mass is 10.4. The second kappa shape index (κ2) is 4.65. The molecule has 5 nitrogen and oxygen atoms in total. The van der Waals surface area contributed by atoms with Gasteiger partial charge in [0, 0.05) is 19.6 Å². The van der Waals surface area contributed by atoms with Crippen molar-refractivity contribution in [3.05, 3.63) is 23.2 Å². The zero-order chi connectivity index (χ0) is 11.6. The Kier molecular flexibility index (Phi) is 3.41. The van der Waals surface area contributed by atoms with Gasteiger partial charge < -0.3 is 0 Å². The molecule has 0 spiro atoms. The Morgan fingerprint density at radius 3 is 2.50 bits per heavy atom. The molecule has 0 unspecified atom stereocenters. The molecular formula is C9H12ClN3O2S. The smallest absolute Gasteiger partial charge is 0.152 e. The van der Waals surface area contributed by atoms with Crippen LogP contribution in [0.4, 0.5) is 0 Å². The summed E-state index contributed by atoms with van der Waals surface area (Å²) in [5, 5.41) is 0.366. The molecule has 1 aliphatic heterocycles. The lowest BCUT2D eigenvalue weighted by molar-refractivity contribution is 0.284. The average molecular weight is 262 g/mol. The predicted molar refractivity (Wildman–Crippen MR) is 61.0 cm³/mol. The van der Waals surface area contributed by atoms with Gasteiger partial charge in [0.2, 0.25) is 0 Å². The maximum atomic E-state index is 11.2. The zero-order valence-electron chi connectivity index (χ0n) is 8.63. The molecule has 0 aliphatic carbocycles. The molecule has 0 aromatic carbocycles. The molecule has 0 atom stereocenters. The lowest BCUT2D eigenvalue weighted by Crippen LogP contribution is -2.39. The normalized spacial score (nSPS) is 20.8. The quantitative estimate of drug-likeness (QED) is 0.769. The summed E-state index contributed by atoms with van der Waals surface area (Å²) in [6.07, 6.45) is 3.11. The summed E-state index contributed by atoms with van der Waals surface area (Å²) in [5.74, 6) is 0.460. The summed E-state index contributed by atoms with van der Waals surface area (Å²) in [6.45, 7) is 1.75. The van der Waals surface area contributed by atoms with Gasteiger partial charge >= 0.3 is 0 Å². The summed E-state index contributed by atoms with van der Waals surface area (Å²) < 4.78 is 22.4. The Morgan fingerprint density at radius 2 is 1.94 bits per heavy atom. The molecule has 16 heavy (non-hydrogen) atoms. The fourth-order valence-electron chi connectivity index (χ4n) is 1.56. The van der Waals surface area contributed by atoms with Crippen molar-refractivity contribution in [3.63, 3.8) is 0 Å². The Balaban J connectivity index is 1.94. The first-order valence-electron chi connectivity index (χ1n) is 4.94. The number of hydrogen-bond donors (Lipinski definition) is 0. The molecule has 1 aromatic rings. The van der Waals surface area contributed by atoms with Crippen molar-refractivity contribution in [1.82, 2.24) is 14.9 Å². The van der Waals surface area contributed by atoms with Gasteiger partial charge in [0.1, 0.15) is 5.15 Å². The van der Waals surface area contributed by atoms with Gasteiger partial charge in [-0.3, -0.25) is 9.88 Å². The van der Waals surface area contributed by atoms with Gasteiger partial charge in [0.05, 0.1) is 29.6 Å². The van der Waals surface area contributed by atoms with Crippen LogP contribution in [0.15, 0.2) is 12.4 Å². The summed E-state index contributed by atoms with van der Waals surface area (Å²) >= 11 is 5.63. The minimum Gasteiger partial charge on any atom is -0.295 e. The van der Waals surface area contributed by atoms with Gasteiger partial charge in [-0.2, -0.15) is 0 Å². The summed E-state index contributed by atoms with van der Waals surface area (Å²) in [4.78, 5) is 10.1. The number of sulfone groups is 1. The van der Waals surface area contributed by atoms with Gasteiger partial charge in [-0.05, 0) is 0 Å². The van der Waals surface area contributed by atoms with Crippen LogP contribution < -0.4 is 0 Å². The average Bonchev–Trinajstić information content (AvgIpc) is 2.24. The summed E-state index contributed by atoms with van der Waals surface area (Å²) in [5.41, 5.74) is 0.809. The van der Waals surface area contributed by atoms with E-state index in [1.54, 1.807) is 6.20 Å². The molecule has 2 rings (SSSR count). The number of aromatic nitrogens is 2. The highest BCUT2D eigenvalue weighted by Crippen LogP contribution is 2.08. The van der Waals surface area contributed by atoms with Crippen molar-refractivity contribution >= 4 is 21.4 Å². The van der Waals surface area contributed by atoms with Crippen molar-refractivity contribution < 1.29 is 8.42 Å². The van der Waals surface area contributed by atoms with E-state index in [0.717, 1.165) is 5.69 Å². The molecule has 1 fully saturated rings. The molecule has 88 valence electrons. The van der Waals surface area contributed by atoms with Gasteiger partial charge in [-0.15, -0.1) is 0 Å². The van der Waals surface area contributed by atoms with E-state index in [9.17, 15) is 8.42 Å². The Labute approximate surface area is 99.4 Å². The van der Waals surface area contributed by atoms with Crippen LogP contribution in [-0.2, 0) is 16.4 Å². The molecule has 1 saturated heterocycles. The number of hydrogen-bond acceptors (Lipinski definition) is 5. The second-order valence-electron chi connectivity index (χ2n) is 3.76. The van der Waals surface area contributed by atoms with Crippen molar-refractivity contribution in [2.45, 2.75) is 6.54 Å². The molecule has 1 aliphatic rings. The standard InChI is InChI=1S/C9H12ClN3O2S/c10-9-6-11-8(5-12-9)7-13-1-3-16(14,15)4-2-13/h5-6H,1-4,7H2. The van der Waals surface area contributed by atoms with E-state index in [1.807, 2.05) is 0 Å². The largest absolute Gasteiger partial charge is 0.295 e. The number of rotatable bonds is 2. The van der Waals surface area contributed by atoms with Crippen LogP contribution in [0.3, 0.4) is 0 Å². The van der Waals surface area contributed by atoms with E-state index in [4.69, 9.17) is 11.6 Å². The third-order valence-corrected chi connectivity index (χ3v) is 4.30. The van der Waals surface area contributed by atoms with E-state index in [2.05, 4.69) is 14.9 Å². The lowest BCUT2D eigenvalue weighted by Gasteiger charge is -2.25. The summed E-state index contributed by atoms with van der Waals surface area (Å²) in [7, 11) is -2.81. The van der Waals surface area contributed by atoms with Crippen LogP contribution >= 0.6 is 11.6 Å². The van der Waals surface area contributed by atoms with E-state index in [1.165, 1.54) is 6.20 Å².